The molecule has 0 radical (unpaired) electrons. The lowest BCUT2D eigenvalue weighted by atomic mass is 9.97. The molecule has 0 amide bonds. The van der Waals surface area contributed by atoms with Crippen LogP contribution in [0.25, 0.3) is 10.9 Å². The number of aromatic nitrogens is 2. The van der Waals surface area contributed by atoms with Crippen LogP contribution in [0.1, 0.15) is 41.0 Å². The summed E-state index contributed by atoms with van der Waals surface area (Å²) in [5.74, 6) is 0. The average Bonchev–Trinajstić information content (AvgIpc) is 2.91. The normalized spacial score (nSPS) is 17.8. The molecule has 3 aromatic rings. The number of nitrogens with zero attached hydrogens (tertiary/aromatic N) is 3. The van der Waals surface area contributed by atoms with Crippen LogP contribution in [0, 0.1) is 13.8 Å². The van der Waals surface area contributed by atoms with E-state index in [0.717, 1.165) is 31.6 Å². The molecule has 1 aliphatic rings. The highest BCUT2D eigenvalue weighted by Gasteiger charge is 2.27. The third-order valence-electron chi connectivity index (χ3n) is 5.75. The summed E-state index contributed by atoms with van der Waals surface area (Å²) >= 11 is 0. The van der Waals surface area contributed by atoms with Crippen LogP contribution >= 0.6 is 0 Å². The molecule has 1 aromatic carbocycles. The summed E-state index contributed by atoms with van der Waals surface area (Å²) in [5, 5.41) is 1.44. The van der Waals surface area contributed by atoms with Crippen molar-refractivity contribution in [2.24, 2.45) is 0 Å². The zero-order valence-corrected chi connectivity index (χ0v) is 15.7. The van der Waals surface area contributed by atoms with Crippen molar-refractivity contribution < 1.29 is 0 Å². The number of pyridine rings is 1. The summed E-state index contributed by atoms with van der Waals surface area (Å²) in [6.07, 6.45) is 4.19. The quantitative estimate of drug-likeness (QED) is 0.706. The van der Waals surface area contributed by atoms with Crippen LogP contribution in [0.5, 0.6) is 0 Å². The summed E-state index contributed by atoms with van der Waals surface area (Å²) in [6, 6.07) is 11.7. The number of aryl methyl sites for hydroxylation is 4. The lowest BCUT2D eigenvalue weighted by Crippen LogP contribution is -2.31. The molecule has 4 rings (SSSR count). The lowest BCUT2D eigenvalue weighted by molar-refractivity contribution is 0.245. The second-order valence-corrected chi connectivity index (χ2v) is 7.50. The van der Waals surface area contributed by atoms with E-state index in [9.17, 15) is 0 Å². The van der Waals surface area contributed by atoms with Gasteiger partial charge in [-0.25, -0.2) is 0 Å². The Morgan fingerprint density at radius 1 is 1.16 bits per heavy atom. The third kappa shape index (κ3) is 2.87. The smallest absolute Gasteiger partial charge is 0.0486 e. The molecule has 0 saturated heterocycles. The van der Waals surface area contributed by atoms with Crippen LogP contribution < -0.4 is 0 Å². The van der Waals surface area contributed by atoms with Gasteiger partial charge in [0.2, 0.25) is 0 Å². The molecule has 0 saturated carbocycles. The van der Waals surface area contributed by atoms with Gasteiger partial charge in [-0.2, -0.15) is 0 Å². The number of hydrogen-bond donors (Lipinski definition) is 0. The van der Waals surface area contributed by atoms with Crippen LogP contribution in [-0.2, 0) is 19.4 Å². The molecule has 3 heteroatoms. The molecule has 130 valence electrons. The summed E-state index contributed by atoms with van der Waals surface area (Å²) in [5.41, 5.74) is 8.20. The average molecular weight is 333 g/mol. The zero-order chi connectivity index (χ0) is 17.6. The highest BCUT2D eigenvalue weighted by molar-refractivity contribution is 5.87. The molecule has 2 aromatic heterocycles. The monoisotopic (exact) mass is 333 g/mol. The Kier molecular flexibility index (Phi) is 4.12. The van der Waals surface area contributed by atoms with Gasteiger partial charge in [-0.15, -0.1) is 0 Å². The topological polar surface area (TPSA) is 21.1 Å². The van der Waals surface area contributed by atoms with Gasteiger partial charge >= 0.3 is 0 Å². The van der Waals surface area contributed by atoms with Crippen LogP contribution in [0.4, 0.5) is 0 Å². The van der Waals surface area contributed by atoms with E-state index in [1.165, 1.54) is 33.3 Å². The summed E-state index contributed by atoms with van der Waals surface area (Å²) < 4.78 is 2.56. The van der Waals surface area contributed by atoms with Gasteiger partial charge < -0.3 is 4.57 Å². The molecular formula is C22H27N3. The van der Waals surface area contributed by atoms with Crippen LogP contribution in [0.3, 0.4) is 0 Å². The first kappa shape index (κ1) is 16.3. The van der Waals surface area contributed by atoms with E-state index in [4.69, 9.17) is 0 Å². The van der Waals surface area contributed by atoms with E-state index in [2.05, 4.69) is 65.7 Å². The predicted octanol–water partition coefficient (Wildman–Crippen LogP) is 4.44. The SMILES string of the molecule is Cc1ccc2c(c1)c1c(n2CCc2ccc(C)nc2)CCN(C)C1C. The van der Waals surface area contributed by atoms with E-state index >= 15 is 0 Å². The molecule has 0 N–H and O–H groups in total. The van der Waals surface area contributed by atoms with Gasteiger partial charge in [0.05, 0.1) is 0 Å². The first-order valence-electron chi connectivity index (χ1n) is 9.28. The predicted molar refractivity (Wildman–Crippen MR) is 104 cm³/mol. The van der Waals surface area contributed by atoms with Crippen molar-refractivity contribution in [2.45, 2.75) is 46.2 Å². The molecule has 1 unspecified atom stereocenters. The molecular weight excluding hydrogens is 306 g/mol. The number of rotatable bonds is 3. The van der Waals surface area contributed by atoms with Crippen LogP contribution in [-0.4, -0.2) is 28.0 Å². The maximum atomic E-state index is 4.45. The molecule has 1 atom stereocenters. The van der Waals surface area contributed by atoms with Gasteiger partial charge in [0.15, 0.2) is 0 Å². The Bertz CT molecular complexity index is 905. The van der Waals surface area contributed by atoms with E-state index in [-0.39, 0.29) is 0 Å². The van der Waals surface area contributed by atoms with Crippen molar-refractivity contribution in [3.05, 3.63) is 64.6 Å². The van der Waals surface area contributed by atoms with Crippen molar-refractivity contribution in [2.75, 3.05) is 13.6 Å². The maximum absolute atomic E-state index is 4.45. The van der Waals surface area contributed by atoms with E-state index in [1.54, 1.807) is 0 Å². The van der Waals surface area contributed by atoms with Gasteiger partial charge in [-0.3, -0.25) is 9.88 Å². The Morgan fingerprint density at radius 3 is 2.76 bits per heavy atom. The molecule has 0 aliphatic carbocycles. The van der Waals surface area contributed by atoms with Crippen LogP contribution in [0.2, 0.25) is 0 Å². The Hall–Kier alpha value is -2.13. The van der Waals surface area contributed by atoms with Gasteiger partial charge in [0.25, 0.3) is 0 Å². The Labute approximate surface area is 150 Å². The number of benzene rings is 1. The fourth-order valence-corrected chi connectivity index (χ4v) is 4.12. The second-order valence-electron chi connectivity index (χ2n) is 7.50. The van der Waals surface area contributed by atoms with Crippen molar-refractivity contribution >= 4 is 10.9 Å². The zero-order valence-electron chi connectivity index (χ0n) is 15.7. The minimum Gasteiger partial charge on any atom is -0.344 e. The lowest BCUT2D eigenvalue weighted by Gasteiger charge is -2.31. The molecule has 25 heavy (non-hydrogen) atoms. The number of fused-ring (bicyclic) bond motifs is 3. The molecule has 1 aliphatic heterocycles. The molecule has 0 spiro atoms. The number of hydrogen-bond acceptors (Lipinski definition) is 2. The van der Waals surface area contributed by atoms with Gasteiger partial charge in [0, 0.05) is 54.0 Å². The minimum absolute atomic E-state index is 0.482. The maximum Gasteiger partial charge on any atom is 0.0486 e. The second kappa shape index (κ2) is 6.30. The first-order chi connectivity index (χ1) is 12.0. The highest BCUT2D eigenvalue weighted by atomic mass is 15.1. The van der Waals surface area contributed by atoms with E-state index < -0.39 is 0 Å². The molecule has 0 fully saturated rings. The third-order valence-corrected chi connectivity index (χ3v) is 5.75. The summed E-state index contributed by atoms with van der Waals surface area (Å²) in [7, 11) is 2.24. The van der Waals surface area contributed by atoms with Crippen molar-refractivity contribution in [3.63, 3.8) is 0 Å². The van der Waals surface area contributed by atoms with E-state index in [0.29, 0.717) is 6.04 Å². The largest absolute Gasteiger partial charge is 0.344 e. The Balaban J connectivity index is 1.76. The van der Waals surface area contributed by atoms with Gasteiger partial charge in [-0.05, 0) is 63.6 Å². The summed E-state index contributed by atoms with van der Waals surface area (Å²) in [6.45, 7) is 8.73. The first-order valence-corrected chi connectivity index (χ1v) is 9.28. The van der Waals surface area contributed by atoms with Crippen molar-refractivity contribution in [3.8, 4) is 0 Å². The minimum atomic E-state index is 0.482. The standard InChI is InChI=1S/C22H27N3/c1-15-5-8-20-19(13-15)22-17(3)24(4)11-10-21(22)25(20)12-9-18-7-6-16(2)23-14-18/h5-8,13-14,17H,9-12H2,1-4H3. The number of likely N-dealkylation sites (N-methyl/N-ethyl adjacent to an activating group) is 1. The summed E-state index contributed by atoms with van der Waals surface area (Å²) in [4.78, 5) is 6.92. The van der Waals surface area contributed by atoms with Gasteiger partial charge in [0.1, 0.15) is 0 Å². The molecule has 3 nitrogen and oxygen atoms in total. The fraction of sp³-hybridized carbons (Fsp3) is 0.409. The molecule has 0 bridgehead atoms. The van der Waals surface area contributed by atoms with Crippen molar-refractivity contribution in [1.82, 2.24) is 14.5 Å². The van der Waals surface area contributed by atoms with Crippen LogP contribution in [0.15, 0.2) is 36.5 Å². The van der Waals surface area contributed by atoms with Crippen molar-refractivity contribution in [1.29, 1.82) is 0 Å². The highest BCUT2D eigenvalue weighted by Crippen LogP contribution is 2.37. The fourth-order valence-electron chi connectivity index (χ4n) is 4.12. The van der Waals surface area contributed by atoms with E-state index in [1.807, 2.05) is 13.1 Å². The molecule has 3 heterocycles. The van der Waals surface area contributed by atoms with Gasteiger partial charge in [-0.1, -0.05) is 17.7 Å². The Morgan fingerprint density at radius 2 is 2.00 bits per heavy atom.